The lowest BCUT2D eigenvalue weighted by Crippen LogP contribution is -2.30. The summed E-state index contributed by atoms with van der Waals surface area (Å²) in [4.78, 5) is 11.4. The Balaban J connectivity index is 2.06. The van der Waals surface area contributed by atoms with E-state index >= 15 is 0 Å². The Kier molecular flexibility index (Phi) is 4.35. The van der Waals surface area contributed by atoms with Gasteiger partial charge < -0.3 is 15.8 Å². The van der Waals surface area contributed by atoms with Gasteiger partial charge in [0, 0.05) is 19.2 Å². The second-order valence-electron chi connectivity index (χ2n) is 3.89. The van der Waals surface area contributed by atoms with E-state index in [9.17, 15) is 4.79 Å². The lowest BCUT2D eigenvalue weighted by molar-refractivity contribution is -0.123. The van der Waals surface area contributed by atoms with Crippen molar-refractivity contribution in [3.63, 3.8) is 0 Å². The monoisotopic (exact) mass is 200 g/mol. The predicted octanol–water partition coefficient (Wildman–Crippen LogP) is 0.265. The largest absolute Gasteiger partial charge is 0.378 e. The molecule has 1 saturated carbocycles. The normalized spacial score (nSPS) is 27.1. The molecule has 0 saturated heterocycles. The molecule has 82 valence electrons. The number of nitrogens with two attached hydrogens (primary N) is 1. The third kappa shape index (κ3) is 3.64. The van der Waals surface area contributed by atoms with Crippen molar-refractivity contribution in [2.24, 2.45) is 11.7 Å². The summed E-state index contributed by atoms with van der Waals surface area (Å²) in [5, 5.41) is 2.87. The molecule has 0 heterocycles. The van der Waals surface area contributed by atoms with Crippen molar-refractivity contribution in [1.82, 2.24) is 5.32 Å². The van der Waals surface area contributed by atoms with Crippen LogP contribution in [0.25, 0.3) is 0 Å². The van der Waals surface area contributed by atoms with Gasteiger partial charge in [-0.05, 0) is 26.7 Å². The zero-order chi connectivity index (χ0) is 10.6. The molecule has 3 N–H and O–H groups in total. The topological polar surface area (TPSA) is 64.3 Å². The van der Waals surface area contributed by atoms with Gasteiger partial charge in [0.1, 0.15) is 0 Å². The summed E-state index contributed by atoms with van der Waals surface area (Å²) in [5.41, 5.74) is 5.57. The van der Waals surface area contributed by atoms with E-state index in [4.69, 9.17) is 10.5 Å². The molecule has 4 heteroatoms. The average Bonchev–Trinajstić information content (AvgIpc) is 2.84. The third-order valence-corrected chi connectivity index (χ3v) is 2.35. The maximum absolute atomic E-state index is 11.4. The Hall–Kier alpha value is -0.610. The van der Waals surface area contributed by atoms with E-state index in [1.807, 2.05) is 13.8 Å². The molecule has 4 nitrogen and oxygen atoms in total. The van der Waals surface area contributed by atoms with Crippen molar-refractivity contribution in [2.45, 2.75) is 38.8 Å². The fraction of sp³-hybridized carbons (Fsp3) is 0.900. The van der Waals surface area contributed by atoms with Gasteiger partial charge in [0.15, 0.2) is 0 Å². The number of carbonyl (C=O) groups excluding carboxylic acids is 1. The molecule has 1 amide bonds. The van der Waals surface area contributed by atoms with Crippen LogP contribution in [0.1, 0.15) is 26.7 Å². The first-order valence-electron chi connectivity index (χ1n) is 5.30. The number of ether oxygens (including phenoxy) is 1. The Bertz CT molecular complexity index is 195. The van der Waals surface area contributed by atoms with Crippen LogP contribution in [0.15, 0.2) is 0 Å². The van der Waals surface area contributed by atoms with Gasteiger partial charge >= 0.3 is 0 Å². The number of rotatable bonds is 6. The van der Waals surface area contributed by atoms with E-state index in [1.54, 1.807) is 0 Å². The van der Waals surface area contributed by atoms with E-state index in [-0.39, 0.29) is 24.0 Å². The maximum atomic E-state index is 11.4. The van der Waals surface area contributed by atoms with Crippen LogP contribution < -0.4 is 11.1 Å². The number of hydrogen-bond donors (Lipinski definition) is 2. The van der Waals surface area contributed by atoms with Crippen LogP contribution in [0.4, 0.5) is 0 Å². The lowest BCUT2D eigenvalue weighted by atomic mass is 10.2. The molecule has 0 spiro atoms. The second-order valence-corrected chi connectivity index (χ2v) is 3.89. The third-order valence-electron chi connectivity index (χ3n) is 2.35. The van der Waals surface area contributed by atoms with Gasteiger partial charge in [-0.2, -0.15) is 0 Å². The van der Waals surface area contributed by atoms with E-state index in [2.05, 4.69) is 5.32 Å². The van der Waals surface area contributed by atoms with Gasteiger partial charge in [-0.1, -0.05) is 0 Å². The smallest absolute Gasteiger partial charge is 0.225 e. The molecular formula is C10H20N2O2. The molecule has 1 rings (SSSR count). The minimum absolute atomic E-state index is 0.0861. The summed E-state index contributed by atoms with van der Waals surface area (Å²) in [6, 6.07) is 0.150. The Morgan fingerprint density at radius 2 is 2.43 bits per heavy atom. The van der Waals surface area contributed by atoms with Crippen molar-refractivity contribution < 1.29 is 9.53 Å². The molecule has 1 aliphatic carbocycles. The lowest BCUT2D eigenvalue weighted by Gasteiger charge is -2.06. The maximum Gasteiger partial charge on any atom is 0.225 e. The minimum atomic E-state index is 0.0861. The molecule has 0 aliphatic heterocycles. The zero-order valence-electron chi connectivity index (χ0n) is 8.95. The van der Waals surface area contributed by atoms with Crippen molar-refractivity contribution in [3.05, 3.63) is 0 Å². The van der Waals surface area contributed by atoms with E-state index in [0.29, 0.717) is 13.2 Å². The van der Waals surface area contributed by atoms with Crippen molar-refractivity contribution in [2.75, 3.05) is 13.2 Å². The number of carbonyl (C=O) groups is 1. The van der Waals surface area contributed by atoms with Crippen LogP contribution in [0.3, 0.4) is 0 Å². The molecular weight excluding hydrogens is 180 g/mol. The highest BCUT2D eigenvalue weighted by atomic mass is 16.5. The predicted molar refractivity (Wildman–Crippen MR) is 54.8 cm³/mol. The van der Waals surface area contributed by atoms with Crippen LogP contribution in [0, 0.1) is 5.92 Å². The Morgan fingerprint density at radius 3 is 3.00 bits per heavy atom. The highest BCUT2D eigenvalue weighted by molar-refractivity contribution is 5.81. The molecule has 0 aromatic heterocycles. The first-order chi connectivity index (χ1) is 6.65. The number of amides is 1. The quantitative estimate of drug-likeness (QED) is 0.646. The summed E-state index contributed by atoms with van der Waals surface area (Å²) in [6.07, 6.45) is 1.87. The standard InChI is InChI=1S/C10H20N2O2/c1-3-14-9-6-8(9)10(13)12-5-4-7(2)11/h7-9H,3-6,11H2,1-2H3,(H,12,13). The second kappa shape index (κ2) is 5.32. The van der Waals surface area contributed by atoms with Crippen LogP contribution in [-0.2, 0) is 9.53 Å². The van der Waals surface area contributed by atoms with Crippen molar-refractivity contribution in [3.8, 4) is 0 Å². The van der Waals surface area contributed by atoms with E-state index in [1.165, 1.54) is 0 Å². The molecule has 14 heavy (non-hydrogen) atoms. The minimum Gasteiger partial charge on any atom is -0.378 e. The summed E-state index contributed by atoms with van der Waals surface area (Å²) >= 11 is 0. The van der Waals surface area contributed by atoms with Gasteiger partial charge in [0.25, 0.3) is 0 Å². The molecule has 0 aromatic carbocycles. The molecule has 1 aliphatic rings. The van der Waals surface area contributed by atoms with Crippen LogP contribution in [0.2, 0.25) is 0 Å². The summed E-state index contributed by atoms with van der Waals surface area (Å²) in [5.74, 6) is 0.201. The van der Waals surface area contributed by atoms with Crippen molar-refractivity contribution in [1.29, 1.82) is 0 Å². The fourth-order valence-electron chi connectivity index (χ4n) is 1.40. The van der Waals surface area contributed by atoms with Crippen LogP contribution in [0.5, 0.6) is 0 Å². The zero-order valence-corrected chi connectivity index (χ0v) is 8.95. The van der Waals surface area contributed by atoms with Crippen LogP contribution >= 0.6 is 0 Å². The highest BCUT2D eigenvalue weighted by Crippen LogP contribution is 2.33. The highest BCUT2D eigenvalue weighted by Gasteiger charge is 2.43. The Morgan fingerprint density at radius 1 is 1.71 bits per heavy atom. The summed E-state index contributed by atoms with van der Waals surface area (Å²) in [6.45, 7) is 5.25. The van der Waals surface area contributed by atoms with Crippen molar-refractivity contribution >= 4 is 5.91 Å². The van der Waals surface area contributed by atoms with Gasteiger partial charge in [-0.3, -0.25) is 4.79 Å². The number of hydrogen-bond acceptors (Lipinski definition) is 3. The van der Waals surface area contributed by atoms with Gasteiger partial charge in [-0.25, -0.2) is 0 Å². The average molecular weight is 200 g/mol. The van der Waals surface area contributed by atoms with E-state index < -0.39 is 0 Å². The molecule has 3 atom stereocenters. The molecule has 0 aromatic rings. The molecule has 3 unspecified atom stereocenters. The first-order valence-corrected chi connectivity index (χ1v) is 5.30. The number of nitrogens with one attached hydrogen (secondary N) is 1. The first kappa shape index (κ1) is 11.5. The summed E-state index contributed by atoms with van der Waals surface area (Å²) in [7, 11) is 0. The SMILES string of the molecule is CCOC1CC1C(=O)NCCC(C)N. The molecule has 1 fully saturated rings. The van der Waals surface area contributed by atoms with Gasteiger partial charge in [-0.15, -0.1) is 0 Å². The fourth-order valence-corrected chi connectivity index (χ4v) is 1.40. The summed E-state index contributed by atoms with van der Waals surface area (Å²) < 4.78 is 5.33. The van der Waals surface area contributed by atoms with Gasteiger partial charge in [0.05, 0.1) is 12.0 Å². The van der Waals surface area contributed by atoms with Crippen LogP contribution in [-0.4, -0.2) is 31.2 Å². The van der Waals surface area contributed by atoms with Gasteiger partial charge in [0.2, 0.25) is 5.91 Å². The van der Waals surface area contributed by atoms with E-state index in [0.717, 1.165) is 12.8 Å². The molecule has 0 radical (unpaired) electrons. The molecule has 0 bridgehead atoms. The Labute approximate surface area is 85.2 Å².